The summed E-state index contributed by atoms with van der Waals surface area (Å²) in [6.45, 7) is 3.73. The van der Waals surface area contributed by atoms with E-state index in [4.69, 9.17) is 14.7 Å². The van der Waals surface area contributed by atoms with Crippen molar-refractivity contribution in [3.63, 3.8) is 0 Å². The van der Waals surface area contributed by atoms with Gasteiger partial charge >= 0.3 is 0 Å². The number of benzene rings is 2. The number of aliphatic hydroxyl groups is 1. The normalized spacial score (nSPS) is 18.0. The predicted molar refractivity (Wildman–Crippen MR) is 127 cm³/mol. The number of aromatic nitrogens is 2. The second kappa shape index (κ2) is 9.66. The third-order valence-electron chi connectivity index (χ3n) is 6.00. The number of hydrogen-bond acceptors (Lipinski definition) is 7. The molecule has 3 aromatic rings. The molecule has 0 saturated carbocycles. The fourth-order valence-electron chi connectivity index (χ4n) is 3.94. The van der Waals surface area contributed by atoms with E-state index in [1.807, 2.05) is 54.6 Å². The van der Waals surface area contributed by atoms with Crippen molar-refractivity contribution in [3.05, 3.63) is 60.2 Å². The van der Waals surface area contributed by atoms with Crippen molar-refractivity contribution >= 4 is 17.4 Å². The monoisotopic (exact) mass is 445 g/mol. The molecule has 8 nitrogen and oxygen atoms in total. The van der Waals surface area contributed by atoms with E-state index in [0.29, 0.717) is 19.0 Å². The van der Waals surface area contributed by atoms with E-state index in [1.165, 1.54) is 0 Å². The topological polar surface area (TPSA) is 99.6 Å². The van der Waals surface area contributed by atoms with Crippen molar-refractivity contribution in [3.8, 4) is 22.6 Å². The van der Waals surface area contributed by atoms with Crippen LogP contribution in [-0.2, 0) is 16.1 Å². The summed E-state index contributed by atoms with van der Waals surface area (Å²) < 4.78 is 5.50. The molecule has 2 saturated heterocycles. The largest absolute Gasteiger partial charge is 0.392 e. The number of carbonyl (C=O) groups excluding carboxylic acids is 1. The van der Waals surface area contributed by atoms with Gasteiger partial charge in [0.1, 0.15) is 5.82 Å². The first kappa shape index (κ1) is 21.5. The molecular weight excluding hydrogens is 418 g/mol. The Bertz CT molecular complexity index is 1130. The van der Waals surface area contributed by atoms with Gasteiger partial charge in [0.2, 0.25) is 5.91 Å². The van der Waals surface area contributed by atoms with Gasteiger partial charge in [-0.1, -0.05) is 30.3 Å². The van der Waals surface area contributed by atoms with Crippen LogP contribution in [0, 0.1) is 0 Å². The highest BCUT2D eigenvalue weighted by Gasteiger charge is 2.24. The van der Waals surface area contributed by atoms with E-state index in [0.717, 1.165) is 59.9 Å². The highest BCUT2D eigenvalue weighted by atomic mass is 16.5. The number of rotatable bonds is 6. The summed E-state index contributed by atoms with van der Waals surface area (Å²) >= 11 is 0. The first-order chi connectivity index (χ1) is 16.2. The Balaban J connectivity index is 1.46. The zero-order valence-corrected chi connectivity index (χ0v) is 18.3. The number of hydrogen-bond donors (Lipinski definition) is 3. The number of ether oxygens (including phenoxy) is 1. The summed E-state index contributed by atoms with van der Waals surface area (Å²) in [5, 5.41) is 15.6. The van der Waals surface area contributed by atoms with E-state index in [1.54, 1.807) is 0 Å². The maximum atomic E-state index is 12.2. The summed E-state index contributed by atoms with van der Waals surface area (Å²) in [6.07, 6.45) is 0.870. The van der Waals surface area contributed by atoms with Crippen molar-refractivity contribution in [2.45, 2.75) is 19.1 Å². The summed E-state index contributed by atoms with van der Waals surface area (Å²) in [5.41, 5.74) is 4.17. The average molecular weight is 446 g/mol. The minimum Gasteiger partial charge on any atom is -0.392 e. The van der Waals surface area contributed by atoms with Crippen LogP contribution < -0.4 is 15.5 Å². The fourth-order valence-corrected chi connectivity index (χ4v) is 3.94. The van der Waals surface area contributed by atoms with Crippen LogP contribution in [0.1, 0.15) is 12.0 Å². The molecule has 0 radical (unpaired) electrons. The Labute approximate surface area is 192 Å². The number of nitrogens with one attached hydrogen (secondary N) is 2. The number of anilines is 2. The standard InChI is InChI=1S/C25H27N5O3/c31-16-17-2-1-3-19(14-17)24-28-22(15-23(29-24)30-10-12-33-13-11-30)18-4-6-20(7-5-18)27-25(32)21-8-9-26-21/h1-7,14-15,21,26,31H,8-13,16H2,(H,27,32). The number of amides is 1. The fraction of sp³-hybridized carbons (Fsp3) is 0.320. The van der Waals surface area contributed by atoms with Crippen LogP contribution in [0.15, 0.2) is 54.6 Å². The van der Waals surface area contributed by atoms with Gasteiger partial charge in [-0.25, -0.2) is 9.97 Å². The average Bonchev–Trinajstić information content (AvgIpc) is 2.83. The van der Waals surface area contributed by atoms with Gasteiger partial charge < -0.3 is 25.4 Å². The second-order valence-corrected chi connectivity index (χ2v) is 8.25. The van der Waals surface area contributed by atoms with E-state index in [2.05, 4.69) is 15.5 Å². The van der Waals surface area contributed by atoms with Gasteiger partial charge in [0, 0.05) is 36.0 Å². The highest BCUT2D eigenvalue weighted by Crippen LogP contribution is 2.28. The van der Waals surface area contributed by atoms with E-state index >= 15 is 0 Å². The summed E-state index contributed by atoms with van der Waals surface area (Å²) in [5.74, 6) is 1.45. The van der Waals surface area contributed by atoms with Crippen molar-refractivity contribution in [1.82, 2.24) is 15.3 Å². The first-order valence-electron chi connectivity index (χ1n) is 11.3. The predicted octanol–water partition coefficient (Wildman–Crippen LogP) is 2.44. The highest BCUT2D eigenvalue weighted by molar-refractivity contribution is 5.95. The molecule has 1 atom stereocenters. The second-order valence-electron chi connectivity index (χ2n) is 8.25. The number of aliphatic hydroxyl groups excluding tert-OH is 1. The minimum atomic E-state index is -0.0973. The molecule has 3 N–H and O–H groups in total. The Morgan fingerprint density at radius 1 is 1.09 bits per heavy atom. The maximum Gasteiger partial charge on any atom is 0.241 e. The molecule has 3 heterocycles. The third kappa shape index (κ3) is 4.88. The van der Waals surface area contributed by atoms with Crippen LogP contribution in [0.4, 0.5) is 11.5 Å². The molecule has 1 aromatic heterocycles. The van der Waals surface area contributed by atoms with Gasteiger partial charge in [-0.2, -0.15) is 0 Å². The molecule has 1 amide bonds. The Kier molecular flexibility index (Phi) is 6.30. The molecule has 8 heteroatoms. The quantitative estimate of drug-likeness (QED) is 0.536. The van der Waals surface area contributed by atoms with Crippen LogP contribution >= 0.6 is 0 Å². The summed E-state index contributed by atoms with van der Waals surface area (Å²) in [6, 6.07) is 17.3. The van der Waals surface area contributed by atoms with Gasteiger partial charge in [-0.05, 0) is 36.7 Å². The molecular formula is C25H27N5O3. The zero-order valence-electron chi connectivity index (χ0n) is 18.3. The van der Waals surface area contributed by atoms with Crippen LogP contribution in [0.3, 0.4) is 0 Å². The Hall–Kier alpha value is -3.33. The van der Waals surface area contributed by atoms with Crippen LogP contribution in [0.5, 0.6) is 0 Å². The number of morpholine rings is 1. The Morgan fingerprint density at radius 3 is 2.58 bits per heavy atom. The van der Waals surface area contributed by atoms with Crippen molar-refractivity contribution in [2.24, 2.45) is 0 Å². The number of nitrogens with zero attached hydrogens (tertiary/aromatic N) is 3. The smallest absolute Gasteiger partial charge is 0.241 e. The van der Waals surface area contributed by atoms with Gasteiger partial charge in [-0.3, -0.25) is 4.79 Å². The van der Waals surface area contributed by atoms with Crippen molar-refractivity contribution in [1.29, 1.82) is 0 Å². The van der Waals surface area contributed by atoms with E-state index in [9.17, 15) is 9.90 Å². The lowest BCUT2D eigenvalue weighted by Gasteiger charge is -2.28. The van der Waals surface area contributed by atoms with Crippen molar-refractivity contribution < 1.29 is 14.6 Å². The van der Waals surface area contributed by atoms with Gasteiger partial charge in [-0.15, -0.1) is 0 Å². The maximum absolute atomic E-state index is 12.2. The Morgan fingerprint density at radius 2 is 1.88 bits per heavy atom. The minimum absolute atomic E-state index is 0.00306. The molecule has 170 valence electrons. The molecule has 2 aromatic carbocycles. The van der Waals surface area contributed by atoms with Gasteiger partial charge in [0.25, 0.3) is 0 Å². The lowest BCUT2D eigenvalue weighted by molar-refractivity contribution is -0.119. The molecule has 0 bridgehead atoms. The van der Waals surface area contributed by atoms with Gasteiger partial charge in [0.15, 0.2) is 5.82 Å². The van der Waals surface area contributed by atoms with Gasteiger partial charge in [0.05, 0.1) is 31.6 Å². The molecule has 5 rings (SSSR count). The molecule has 0 aliphatic carbocycles. The summed E-state index contributed by atoms with van der Waals surface area (Å²) in [4.78, 5) is 24.1. The van der Waals surface area contributed by atoms with Crippen LogP contribution in [0.25, 0.3) is 22.6 Å². The first-order valence-corrected chi connectivity index (χ1v) is 11.3. The number of carbonyl (C=O) groups is 1. The molecule has 2 fully saturated rings. The lowest BCUT2D eigenvalue weighted by Crippen LogP contribution is -2.50. The lowest BCUT2D eigenvalue weighted by atomic mass is 10.1. The van der Waals surface area contributed by atoms with Crippen molar-refractivity contribution in [2.75, 3.05) is 43.1 Å². The molecule has 1 unspecified atom stereocenters. The van der Waals surface area contributed by atoms with Crippen LogP contribution in [0.2, 0.25) is 0 Å². The molecule has 2 aliphatic rings. The summed E-state index contributed by atoms with van der Waals surface area (Å²) in [7, 11) is 0. The molecule has 33 heavy (non-hydrogen) atoms. The van der Waals surface area contributed by atoms with E-state index in [-0.39, 0.29) is 18.6 Å². The third-order valence-corrected chi connectivity index (χ3v) is 6.00. The SMILES string of the molecule is O=C(Nc1ccc(-c2cc(N3CCOCC3)nc(-c3cccc(CO)c3)n2)cc1)C1CCN1. The molecule has 0 spiro atoms. The molecule has 2 aliphatic heterocycles. The van der Waals surface area contributed by atoms with E-state index < -0.39 is 0 Å². The zero-order chi connectivity index (χ0) is 22.6. The van der Waals surface area contributed by atoms with Crippen LogP contribution in [-0.4, -0.2) is 59.9 Å².